The molecule has 3 aromatic rings. The molecule has 2 aromatic carbocycles. The van der Waals surface area contributed by atoms with Crippen LogP contribution in [0.5, 0.6) is 0 Å². The fourth-order valence-electron chi connectivity index (χ4n) is 7.99. The number of hydrogen-bond donors (Lipinski definition) is 4. The van der Waals surface area contributed by atoms with E-state index in [-0.39, 0.29) is 23.3 Å². The van der Waals surface area contributed by atoms with E-state index in [1.165, 1.54) is 49.7 Å². The van der Waals surface area contributed by atoms with Crippen molar-refractivity contribution in [2.75, 3.05) is 73.2 Å². The van der Waals surface area contributed by atoms with Crippen LogP contribution in [0.15, 0.2) is 58.6 Å². The van der Waals surface area contributed by atoms with Crippen molar-refractivity contribution in [2.45, 2.75) is 79.7 Å². The van der Waals surface area contributed by atoms with Crippen molar-refractivity contribution < 1.29 is 9.59 Å². The van der Waals surface area contributed by atoms with Crippen LogP contribution in [-0.2, 0) is 9.59 Å². The van der Waals surface area contributed by atoms with Crippen LogP contribution in [0.25, 0.3) is 0 Å². The molecule has 4 aliphatic heterocycles. The van der Waals surface area contributed by atoms with Gasteiger partial charge in [-0.05, 0) is 107 Å². The van der Waals surface area contributed by atoms with Crippen molar-refractivity contribution in [1.82, 2.24) is 20.2 Å². The number of rotatable bonds is 10. The molecule has 6 N–H and O–H groups in total. The van der Waals surface area contributed by atoms with Gasteiger partial charge in [0.1, 0.15) is 10.8 Å². The zero-order valence-corrected chi connectivity index (χ0v) is 31.7. The fourth-order valence-corrected chi connectivity index (χ4v) is 9.10. The van der Waals surface area contributed by atoms with Crippen molar-refractivity contribution in [2.24, 2.45) is 17.6 Å². The number of anilines is 4. The van der Waals surface area contributed by atoms with Crippen LogP contribution in [0.1, 0.15) is 69.8 Å². The van der Waals surface area contributed by atoms with Gasteiger partial charge >= 0.3 is 0 Å². The number of likely N-dealkylation sites (tertiary alicyclic amines) is 1. The van der Waals surface area contributed by atoms with E-state index >= 15 is 0 Å². The van der Waals surface area contributed by atoms with Crippen LogP contribution in [-0.4, -0.2) is 84.6 Å². The number of carbonyl (C=O) groups is 2. The summed E-state index contributed by atoms with van der Waals surface area (Å²) >= 11 is 8.36. The second-order valence-corrected chi connectivity index (χ2v) is 16.8. The van der Waals surface area contributed by atoms with Gasteiger partial charge in [-0.1, -0.05) is 41.6 Å². The first-order chi connectivity index (χ1) is 25.1. The first-order valence-corrected chi connectivity index (χ1v) is 20.1. The number of nitrogens with one attached hydrogen (secondary N) is 2. The van der Waals surface area contributed by atoms with E-state index < -0.39 is 0 Å². The Morgan fingerprint density at radius 3 is 2.35 bits per heavy atom. The lowest BCUT2D eigenvalue weighted by Gasteiger charge is -2.38. The van der Waals surface area contributed by atoms with Crippen molar-refractivity contribution >= 4 is 58.2 Å². The molecule has 2 amide bonds. The molecule has 0 saturated carbocycles. The predicted molar refractivity (Wildman–Crippen MR) is 210 cm³/mol. The van der Waals surface area contributed by atoms with Gasteiger partial charge in [-0.25, -0.2) is 9.97 Å². The number of piperidine rings is 4. The minimum atomic E-state index is -0.231. The minimum Gasteiger partial charge on any atom is -0.384 e. The van der Waals surface area contributed by atoms with Gasteiger partial charge in [-0.2, -0.15) is 0 Å². The van der Waals surface area contributed by atoms with Gasteiger partial charge < -0.3 is 31.5 Å². The van der Waals surface area contributed by atoms with Gasteiger partial charge in [0, 0.05) is 61.8 Å². The van der Waals surface area contributed by atoms with Crippen LogP contribution < -0.4 is 31.9 Å². The molecule has 13 heteroatoms. The molecule has 11 nitrogen and oxygen atoms in total. The number of nitrogens with two attached hydrogens (primary N) is 2. The summed E-state index contributed by atoms with van der Waals surface area (Å²) in [6.45, 7) is 10.2. The Bertz CT molecular complexity index is 1720. The van der Waals surface area contributed by atoms with Gasteiger partial charge in [-0.15, -0.1) is 0 Å². The summed E-state index contributed by atoms with van der Waals surface area (Å²) in [5.41, 5.74) is 15.7. The molecule has 1 unspecified atom stereocenters. The molecule has 4 fully saturated rings. The summed E-state index contributed by atoms with van der Waals surface area (Å²) in [5, 5.41) is 7.45. The van der Waals surface area contributed by atoms with Crippen molar-refractivity contribution in [3.63, 3.8) is 0 Å². The Morgan fingerprint density at radius 1 is 0.942 bits per heavy atom. The number of carbonyl (C=O) groups excluding carboxylic acids is 2. The molecule has 278 valence electrons. The summed E-state index contributed by atoms with van der Waals surface area (Å²) < 4.78 is 0. The molecule has 52 heavy (non-hydrogen) atoms. The highest BCUT2D eigenvalue weighted by Crippen LogP contribution is 2.39. The zero-order chi connectivity index (χ0) is 36.2. The molecule has 4 aliphatic rings. The Balaban J connectivity index is 0.830. The Morgan fingerprint density at radius 2 is 1.65 bits per heavy atom. The molecule has 1 aromatic heterocycles. The fraction of sp³-hybridized carbons (Fsp3) is 0.538. The maximum absolute atomic E-state index is 12.3. The quantitative estimate of drug-likeness (QED) is 0.189. The molecule has 0 spiro atoms. The summed E-state index contributed by atoms with van der Waals surface area (Å²) in [4.78, 5) is 41.3. The zero-order valence-electron chi connectivity index (χ0n) is 30.2. The molecule has 7 rings (SSSR count). The van der Waals surface area contributed by atoms with E-state index in [0.29, 0.717) is 34.6 Å². The smallest absolute Gasteiger partial charge is 0.234 e. The summed E-state index contributed by atoms with van der Waals surface area (Å²) in [6.07, 6.45) is 9.36. The van der Waals surface area contributed by atoms with Gasteiger partial charge in [-0.3, -0.25) is 14.9 Å². The average molecular weight is 746 g/mol. The lowest BCUT2D eigenvalue weighted by Crippen LogP contribution is -2.48. The van der Waals surface area contributed by atoms with Gasteiger partial charge in [0.05, 0.1) is 22.8 Å². The highest BCUT2D eigenvalue weighted by molar-refractivity contribution is 7.99. The van der Waals surface area contributed by atoms with E-state index in [1.807, 2.05) is 18.2 Å². The Kier molecular flexibility index (Phi) is 11.5. The third-order valence-corrected chi connectivity index (χ3v) is 13.1. The maximum atomic E-state index is 12.3. The van der Waals surface area contributed by atoms with E-state index in [4.69, 9.17) is 23.1 Å². The second-order valence-electron chi connectivity index (χ2n) is 15.4. The number of hydrogen-bond acceptors (Lipinski definition) is 11. The topological polar surface area (TPSA) is 146 Å². The van der Waals surface area contributed by atoms with Gasteiger partial charge in [0.25, 0.3) is 0 Å². The SMILES string of the molecule is CC1(N)CCN(c2cnc(Sc3cccc(NCC4CCN(CC5CCN(c6ccc(C7CCC(=O)NC7=O)cc6)CC5)CC4)c3Cl)c(N)n2)CC1. The number of aromatic nitrogens is 2. The lowest BCUT2D eigenvalue weighted by molar-refractivity contribution is -0.134. The van der Waals surface area contributed by atoms with Crippen molar-refractivity contribution in [3.05, 3.63) is 59.2 Å². The average Bonchev–Trinajstić information content (AvgIpc) is 3.14. The van der Waals surface area contributed by atoms with Crippen LogP contribution >= 0.6 is 23.4 Å². The van der Waals surface area contributed by atoms with E-state index in [0.717, 1.165) is 86.5 Å². The molecular formula is C39H52ClN9O2S. The summed E-state index contributed by atoms with van der Waals surface area (Å²) in [7, 11) is 0. The first kappa shape index (κ1) is 36.8. The number of benzene rings is 2. The maximum Gasteiger partial charge on any atom is 0.234 e. The van der Waals surface area contributed by atoms with Crippen molar-refractivity contribution in [1.29, 1.82) is 0 Å². The first-order valence-electron chi connectivity index (χ1n) is 18.9. The Labute approximate surface area is 316 Å². The van der Waals surface area contributed by atoms with Crippen LogP contribution in [0, 0.1) is 11.8 Å². The number of imide groups is 1. The van der Waals surface area contributed by atoms with E-state index in [1.54, 1.807) is 6.20 Å². The molecule has 5 heterocycles. The summed E-state index contributed by atoms with van der Waals surface area (Å²) in [6, 6.07) is 14.5. The highest BCUT2D eigenvalue weighted by atomic mass is 35.5. The minimum absolute atomic E-state index is 0.126. The van der Waals surface area contributed by atoms with Gasteiger partial charge in [0.15, 0.2) is 5.82 Å². The number of amides is 2. The Hall–Kier alpha value is -3.58. The summed E-state index contributed by atoms with van der Waals surface area (Å²) in [5.74, 6) is 1.95. The monoisotopic (exact) mass is 745 g/mol. The predicted octanol–water partition coefficient (Wildman–Crippen LogP) is 5.74. The largest absolute Gasteiger partial charge is 0.384 e. The van der Waals surface area contributed by atoms with Gasteiger partial charge in [0.2, 0.25) is 11.8 Å². The standard InChI is InChI=1S/C39H52ClN9O2S/c1-39(42)15-21-49(22-16-39)33-24-44-38(36(41)45-33)52-32-4-2-3-31(35(32)40)43-23-26-11-17-47(18-12-26)25-27-13-19-48(20-14-27)29-7-5-28(6-8-29)30-9-10-34(50)46-37(30)51/h2-8,24,26-27,30,43H,9-23,25,42H2,1H3,(H2,41,45)(H,46,50,51). The molecule has 0 aliphatic carbocycles. The lowest BCUT2D eigenvalue weighted by atomic mass is 9.90. The number of halogens is 1. The number of nitrogen functional groups attached to an aromatic ring is 1. The molecule has 0 bridgehead atoms. The molecule has 4 saturated heterocycles. The van der Waals surface area contributed by atoms with Crippen LogP contribution in [0.3, 0.4) is 0 Å². The third-order valence-electron chi connectivity index (χ3n) is 11.5. The van der Waals surface area contributed by atoms with Crippen LogP contribution in [0.4, 0.5) is 23.0 Å². The van der Waals surface area contributed by atoms with E-state index in [9.17, 15) is 9.59 Å². The van der Waals surface area contributed by atoms with Crippen LogP contribution in [0.2, 0.25) is 5.02 Å². The van der Waals surface area contributed by atoms with Crippen molar-refractivity contribution in [3.8, 4) is 0 Å². The molecule has 1 atom stereocenters. The molecule has 0 radical (unpaired) electrons. The van der Waals surface area contributed by atoms with E-state index in [2.05, 4.69) is 66.5 Å². The normalized spacial score (nSPS) is 22.0. The molecular weight excluding hydrogens is 694 g/mol. The highest BCUT2D eigenvalue weighted by Gasteiger charge is 2.30. The third kappa shape index (κ3) is 8.95. The second kappa shape index (κ2) is 16.2. The number of nitrogens with zero attached hydrogens (tertiary/aromatic N) is 5.